The van der Waals surface area contributed by atoms with Crippen LogP contribution in [0.15, 0.2) is 42.5 Å². The van der Waals surface area contributed by atoms with Crippen molar-refractivity contribution in [1.82, 2.24) is 25.3 Å². The average molecular weight is 318 g/mol. The summed E-state index contributed by atoms with van der Waals surface area (Å²) < 4.78 is 1.89. The number of H-pyrrole nitrogens is 1. The second kappa shape index (κ2) is 4.82. The number of rotatable bonds is 2. The van der Waals surface area contributed by atoms with Crippen molar-refractivity contribution in [2.45, 2.75) is 6.54 Å². The Morgan fingerprint density at radius 3 is 2.83 bits per heavy atom. The predicted octanol–water partition coefficient (Wildman–Crippen LogP) is 2.40. The fourth-order valence-electron chi connectivity index (χ4n) is 3.24. The number of benzene rings is 2. The van der Waals surface area contributed by atoms with Gasteiger partial charge in [0.2, 0.25) is 0 Å². The van der Waals surface area contributed by atoms with E-state index in [2.05, 4.69) is 25.9 Å². The summed E-state index contributed by atoms with van der Waals surface area (Å²) in [5.41, 5.74) is 3.27. The lowest BCUT2D eigenvalue weighted by Gasteiger charge is -2.14. The minimum atomic E-state index is -0.0584. The van der Waals surface area contributed by atoms with Crippen LogP contribution >= 0.6 is 0 Å². The molecular weight excluding hydrogens is 304 g/mol. The summed E-state index contributed by atoms with van der Waals surface area (Å²) in [6.45, 7) is 1.35. The lowest BCUT2D eigenvalue weighted by atomic mass is 10.1. The lowest BCUT2D eigenvalue weighted by molar-refractivity contribution is 0.0926. The van der Waals surface area contributed by atoms with Gasteiger partial charge in [-0.05, 0) is 24.3 Å². The summed E-state index contributed by atoms with van der Waals surface area (Å²) in [5.74, 6) is 0.623. The van der Waals surface area contributed by atoms with Gasteiger partial charge in [0.05, 0.1) is 23.0 Å². The van der Waals surface area contributed by atoms with Gasteiger partial charge in [0, 0.05) is 17.6 Å². The van der Waals surface area contributed by atoms with Crippen LogP contribution in [-0.4, -0.2) is 32.4 Å². The van der Waals surface area contributed by atoms with Crippen molar-refractivity contribution in [3.8, 4) is 0 Å². The first kappa shape index (κ1) is 13.1. The van der Waals surface area contributed by atoms with Gasteiger partial charge in [-0.25, -0.2) is 0 Å². The van der Waals surface area contributed by atoms with Crippen LogP contribution in [0.2, 0.25) is 0 Å². The summed E-state index contributed by atoms with van der Waals surface area (Å²) >= 11 is 0. The molecule has 0 radical (unpaired) electrons. The highest BCUT2D eigenvalue weighted by Crippen LogP contribution is 2.32. The lowest BCUT2D eigenvalue weighted by Crippen LogP contribution is -2.35. The summed E-state index contributed by atoms with van der Waals surface area (Å²) in [7, 11) is 0. The van der Waals surface area contributed by atoms with E-state index in [9.17, 15) is 4.79 Å². The third-order valence-corrected chi connectivity index (χ3v) is 4.32. The van der Waals surface area contributed by atoms with Gasteiger partial charge in [-0.1, -0.05) is 18.2 Å². The topological polar surface area (TPSA) is 87.6 Å². The molecule has 0 bridgehead atoms. The van der Waals surface area contributed by atoms with E-state index in [0.29, 0.717) is 18.1 Å². The van der Waals surface area contributed by atoms with Crippen molar-refractivity contribution in [1.29, 1.82) is 0 Å². The van der Waals surface area contributed by atoms with Crippen LogP contribution in [0.5, 0.6) is 0 Å². The summed E-state index contributed by atoms with van der Waals surface area (Å²) in [6.07, 6.45) is 0. The molecule has 0 saturated carbocycles. The van der Waals surface area contributed by atoms with Crippen LogP contribution in [0.25, 0.3) is 21.8 Å². The highest BCUT2D eigenvalue weighted by Gasteiger charge is 2.23. The van der Waals surface area contributed by atoms with Crippen molar-refractivity contribution in [2.75, 3.05) is 11.9 Å². The van der Waals surface area contributed by atoms with E-state index in [-0.39, 0.29) is 5.91 Å². The number of aromatic amines is 1. The molecule has 0 fully saturated rings. The van der Waals surface area contributed by atoms with E-state index in [1.807, 2.05) is 47.1 Å². The monoisotopic (exact) mass is 318 g/mol. The van der Waals surface area contributed by atoms with Gasteiger partial charge < -0.3 is 10.6 Å². The van der Waals surface area contributed by atoms with Crippen LogP contribution in [0, 0.1) is 0 Å². The van der Waals surface area contributed by atoms with E-state index in [4.69, 9.17) is 0 Å². The summed E-state index contributed by atoms with van der Waals surface area (Å²) in [6, 6.07) is 13.7. The SMILES string of the molecule is O=C1NCCn2[nH]c3c(ccc4nnc(Nc5ccccc5)c43)c21. The van der Waals surface area contributed by atoms with E-state index in [1.165, 1.54) is 0 Å². The summed E-state index contributed by atoms with van der Waals surface area (Å²) in [4.78, 5) is 12.2. The van der Waals surface area contributed by atoms with Gasteiger partial charge in [-0.3, -0.25) is 14.6 Å². The van der Waals surface area contributed by atoms with E-state index in [1.54, 1.807) is 0 Å². The van der Waals surface area contributed by atoms with Crippen molar-refractivity contribution < 1.29 is 4.79 Å². The first-order valence-corrected chi connectivity index (χ1v) is 7.79. The molecular formula is C17H14N6O. The fraction of sp³-hybridized carbons (Fsp3) is 0.118. The normalized spacial score (nSPS) is 13.9. The molecule has 1 aliphatic rings. The molecule has 4 aromatic rings. The number of carbonyl (C=O) groups is 1. The highest BCUT2D eigenvalue weighted by atomic mass is 16.2. The molecule has 3 N–H and O–H groups in total. The Labute approximate surface area is 136 Å². The summed E-state index contributed by atoms with van der Waals surface area (Å²) in [5, 5.41) is 19.8. The smallest absolute Gasteiger partial charge is 0.270 e. The second-order valence-corrected chi connectivity index (χ2v) is 5.79. The van der Waals surface area contributed by atoms with Gasteiger partial charge in [-0.2, -0.15) is 0 Å². The Morgan fingerprint density at radius 2 is 1.96 bits per heavy atom. The number of hydrogen-bond donors (Lipinski definition) is 3. The molecule has 2 aromatic heterocycles. The number of fused-ring (bicyclic) bond motifs is 5. The number of para-hydroxylation sites is 1. The molecule has 24 heavy (non-hydrogen) atoms. The van der Waals surface area contributed by atoms with Gasteiger partial charge >= 0.3 is 0 Å². The first-order chi connectivity index (χ1) is 11.8. The number of carbonyl (C=O) groups excluding carboxylic acids is 1. The molecule has 0 aliphatic carbocycles. The van der Waals surface area contributed by atoms with Crippen molar-refractivity contribution in [3.63, 3.8) is 0 Å². The number of hydrogen-bond acceptors (Lipinski definition) is 4. The maximum Gasteiger partial charge on any atom is 0.270 e. The van der Waals surface area contributed by atoms with Crippen molar-refractivity contribution >= 4 is 39.2 Å². The Morgan fingerprint density at radius 1 is 1.08 bits per heavy atom. The Kier molecular flexibility index (Phi) is 2.64. The number of nitrogens with zero attached hydrogens (tertiary/aromatic N) is 3. The first-order valence-electron chi connectivity index (χ1n) is 7.79. The second-order valence-electron chi connectivity index (χ2n) is 5.79. The molecule has 0 atom stereocenters. The molecule has 1 amide bonds. The van der Waals surface area contributed by atoms with Gasteiger partial charge in [0.25, 0.3) is 5.91 Å². The average Bonchev–Trinajstić information content (AvgIpc) is 3.17. The van der Waals surface area contributed by atoms with Crippen molar-refractivity contribution in [3.05, 3.63) is 48.2 Å². The standard InChI is InChI=1S/C17H14N6O/c24-17-15-11-6-7-12-13(14(11)22-23(15)9-8-18-17)16(21-20-12)19-10-4-2-1-3-5-10/h1-7,22H,8-9H2,(H,18,24)(H,19,21). The maximum absolute atomic E-state index is 12.2. The zero-order valence-electron chi connectivity index (χ0n) is 12.7. The number of aromatic nitrogens is 4. The van der Waals surface area contributed by atoms with Crippen LogP contribution in [0.1, 0.15) is 10.5 Å². The molecule has 0 unspecified atom stereocenters. The number of anilines is 2. The Balaban J connectivity index is 1.75. The quantitative estimate of drug-likeness (QED) is 0.529. The van der Waals surface area contributed by atoms with E-state index < -0.39 is 0 Å². The van der Waals surface area contributed by atoms with Crippen LogP contribution in [0.4, 0.5) is 11.5 Å². The molecule has 3 heterocycles. The van der Waals surface area contributed by atoms with E-state index >= 15 is 0 Å². The molecule has 5 rings (SSSR count). The third-order valence-electron chi connectivity index (χ3n) is 4.32. The largest absolute Gasteiger partial charge is 0.349 e. The zero-order valence-corrected chi connectivity index (χ0v) is 12.7. The van der Waals surface area contributed by atoms with Gasteiger partial charge in [0.15, 0.2) is 5.82 Å². The predicted molar refractivity (Wildman–Crippen MR) is 91.4 cm³/mol. The van der Waals surface area contributed by atoms with Gasteiger partial charge in [-0.15, -0.1) is 10.2 Å². The molecule has 7 heteroatoms. The maximum atomic E-state index is 12.2. The van der Waals surface area contributed by atoms with Gasteiger partial charge in [0.1, 0.15) is 5.69 Å². The molecule has 1 aliphatic heterocycles. The van der Waals surface area contributed by atoms with Crippen LogP contribution in [-0.2, 0) is 6.54 Å². The Bertz CT molecular complexity index is 1080. The minimum Gasteiger partial charge on any atom is -0.349 e. The molecule has 2 aromatic carbocycles. The molecule has 118 valence electrons. The molecule has 0 spiro atoms. The zero-order chi connectivity index (χ0) is 16.1. The Hall–Kier alpha value is -3.35. The highest BCUT2D eigenvalue weighted by molar-refractivity contribution is 6.16. The molecule has 0 saturated heterocycles. The fourth-order valence-corrected chi connectivity index (χ4v) is 3.24. The number of amides is 1. The minimum absolute atomic E-state index is 0.0584. The van der Waals surface area contributed by atoms with Crippen LogP contribution < -0.4 is 10.6 Å². The third kappa shape index (κ3) is 1.81. The molecule has 7 nitrogen and oxygen atoms in total. The number of nitrogens with one attached hydrogen (secondary N) is 3. The van der Waals surface area contributed by atoms with E-state index in [0.717, 1.165) is 34.0 Å². The van der Waals surface area contributed by atoms with Crippen LogP contribution in [0.3, 0.4) is 0 Å². The van der Waals surface area contributed by atoms with Crippen molar-refractivity contribution in [2.24, 2.45) is 0 Å².